The Labute approximate surface area is 88.2 Å². The van der Waals surface area contributed by atoms with Crippen molar-refractivity contribution in [2.45, 2.75) is 12.6 Å². The number of rotatable bonds is 3. The lowest BCUT2D eigenvalue weighted by atomic mass is 10.2. The van der Waals surface area contributed by atoms with Gasteiger partial charge in [-0.05, 0) is 6.07 Å². The van der Waals surface area contributed by atoms with Crippen molar-refractivity contribution >= 4 is 9.84 Å². The SMILES string of the molecule is O=S1(=O)CC(NCc2ccccc2F)C1. The predicted molar refractivity (Wildman–Crippen MR) is 55.7 cm³/mol. The summed E-state index contributed by atoms with van der Waals surface area (Å²) in [5, 5.41) is 3.01. The summed E-state index contributed by atoms with van der Waals surface area (Å²) in [6, 6.07) is 6.46. The predicted octanol–water partition coefficient (Wildman–Crippen LogP) is 0.712. The van der Waals surface area contributed by atoms with E-state index in [1.165, 1.54) is 6.07 Å². The van der Waals surface area contributed by atoms with Gasteiger partial charge in [-0.25, -0.2) is 12.8 Å². The second kappa shape index (κ2) is 3.90. The van der Waals surface area contributed by atoms with Crippen LogP contribution in [0.4, 0.5) is 4.39 Å². The largest absolute Gasteiger partial charge is 0.308 e. The van der Waals surface area contributed by atoms with Crippen LogP contribution in [0.5, 0.6) is 0 Å². The normalized spacial score (nSPS) is 19.8. The van der Waals surface area contributed by atoms with E-state index in [-0.39, 0.29) is 23.4 Å². The molecule has 0 amide bonds. The van der Waals surface area contributed by atoms with E-state index < -0.39 is 9.84 Å². The van der Waals surface area contributed by atoms with Gasteiger partial charge in [0.05, 0.1) is 11.5 Å². The fourth-order valence-corrected chi connectivity index (χ4v) is 2.94. The van der Waals surface area contributed by atoms with Crippen molar-refractivity contribution in [1.82, 2.24) is 5.32 Å². The molecule has 0 radical (unpaired) electrons. The highest BCUT2D eigenvalue weighted by atomic mass is 32.2. The summed E-state index contributed by atoms with van der Waals surface area (Å²) in [7, 11) is -2.80. The summed E-state index contributed by atoms with van der Waals surface area (Å²) in [4.78, 5) is 0. The Morgan fingerprint density at radius 3 is 2.60 bits per heavy atom. The Balaban J connectivity index is 1.87. The maximum absolute atomic E-state index is 13.2. The third-order valence-electron chi connectivity index (χ3n) is 2.45. The van der Waals surface area contributed by atoms with E-state index in [4.69, 9.17) is 0 Å². The summed E-state index contributed by atoms with van der Waals surface area (Å²) in [6.45, 7) is 0.382. The molecule has 1 N–H and O–H groups in total. The van der Waals surface area contributed by atoms with Crippen molar-refractivity contribution < 1.29 is 12.8 Å². The summed E-state index contributed by atoms with van der Waals surface area (Å²) in [5.74, 6) is 0.0790. The molecule has 3 nitrogen and oxygen atoms in total. The molecule has 0 aromatic heterocycles. The van der Waals surface area contributed by atoms with E-state index in [9.17, 15) is 12.8 Å². The van der Waals surface area contributed by atoms with Crippen LogP contribution >= 0.6 is 0 Å². The van der Waals surface area contributed by atoms with Crippen molar-refractivity contribution in [3.63, 3.8) is 0 Å². The maximum atomic E-state index is 13.2. The van der Waals surface area contributed by atoms with Gasteiger partial charge >= 0.3 is 0 Å². The van der Waals surface area contributed by atoms with Gasteiger partial charge in [0.25, 0.3) is 0 Å². The number of benzene rings is 1. The van der Waals surface area contributed by atoms with Crippen LogP contribution in [-0.2, 0) is 16.4 Å². The van der Waals surface area contributed by atoms with Gasteiger partial charge in [0.1, 0.15) is 5.82 Å². The molecular formula is C10H12FNO2S. The fraction of sp³-hybridized carbons (Fsp3) is 0.400. The standard InChI is InChI=1S/C10H12FNO2S/c11-10-4-2-1-3-8(10)5-12-9-6-15(13,14)7-9/h1-4,9,12H,5-7H2. The van der Waals surface area contributed by atoms with Crippen LogP contribution in [0.2, 0.25) is 0 Å². The van der Waals surface area contributed by atoms with Gasteiger partial charge in [-0.15, -0.1) is 0 Å². The van der Waals surface area contributed by atoms with Crippen LogP contribution in [0.25, 0.3) is 0 Å². The first kappa shape index (κ1) is 10.6. The highest BCUT2D eigenvalue weighted by Gasteiger charge is 2.32. The molecule has 0 aliphatic carbocycles. The van der Waals surface area contributed by atoms with E-state index in [0.717, 1.165) is 0 Å². The molecule has 1 aliphatic heterocycles. The van der Waals surface area contributed by atoms with Crippen LogP contribution in [0, 0.1) is 5.82 Å². The smallest absolute Gasteiger partial charge is 0.153 e. The number of sulfone groups is 1. The molecule has 5 heteroatoms. The summed E-state index contributed by atoms with van der Waals surface area (Å²) < 4.78 is 34.9. The van der Waals surface area contributed by atoms with Gasteiger partial charge < -0.3 is 5.32 Å². The molecule has 1 aromatic carbocycles. The molecule has 0 atom stereocenters. The quantitative estimate of drug-likeness (QED) is 0.830. The lowest BCUT2D eigenvalue weighted by molar-refractivity contribution is 0.503. The van der Waals surface area contributed by atoms with E-state index in [2.05, 4.69) is 5.32 Å². The first-order valence-corrected chi connectivity index (χ1v) is 6.56. The zero-order valence-electron chi connectivity index (χ0n) is 8.11. The minimum atomic E-state index is -2.80. The molecule has 2 rings (SSSR count). The van der Waals surface area contributed by atoms with Crippen LogP contribution in [-0.4, -0.2) is 26.0 Å². The van der Waals surface area contributed by atoms with Crippen molar-refractivity contribution in [2.24, 2.45) is 0 Å². The highest BCUT2D eigenvalue weighted by molar-refractivity contribution is 7.92. The molecule has 0 spiro atoms. The number of nitrogens with one attached hydrogen (secondary N) is 1. The second-order valence-electron chi connectivity index (χ2n) is 3.75. The monoisotopic (exact) mass is 229 g/mol. The van der Waals surface area contributed by atoms with Crippen molar-refractivity contribution in [2.75, 3.05) is 11.5 Å². The number of hydrogen-bond acceptors (Lipinski definition) is 3. The summed E-state index contributed by atoms with van der Waals surface area (Å²) in [6.07, 6.45) is 0. The fourth-order valence-electron chi connectivity index (χ4n) is 1.58. The average molecular weight is 229 g/mol. The van der Waals surface area contributed by atoms with Gasteiger partial charge in [-0.2, -0.15) is 0 Å². The van der Waals surface area contributed by atoms with Gasteiger partial charge in [0.15, 0.2) is 9.84 Å². The molecule has 0 bridgehead atoms. The Hall–Kier alpha value is -0.940. The molecule has 0 unspecified atom stereocenters. The highest BCUT2D eigenvalue weighted by Crippen LogP contribution is 2.12. The molecule has 1 aliphatic rings. The Morgan fingerprint density at radius 1 is 1.33 bits per heavy atom. The van der Waals surface area contributed by atoms with Crippen molar-refractivity contribution in [1.29, 1.82) is 0 Å². The van der Waals surface area contributed by atoms with E-state index in [0.29, 0.717) is 12.1 Å². The van der Waals surface area contributed by atoms with E-state index in [1.807, 2.05) is 0 Å². The van der Waals surface area contributed by atoms with Crippen molar-refractivity contribution in [3.05, 3.63) is 35.6 Å². The van der Waals surface area contributed by atoms with Crippen LogP contribution in [0.3, 0.4) is 0 Å². The van der Waals surface area contributed by atoms with Gasteiger partial charge in [-0.3, -0.25) is 0 Å². The molecule has 0 saturated carbocycles. The molecule has 1 saturated heterocycles. The zero-order chi connectivity index (χ0) is 10.9. The van der Waals surface area contributed by atoms with Crippen molar-refractivity contribution in [3.8, 4) is 0 Å². The Kier molecular flexibility index (Phi) is 2.75. The van der Waals surface area contributed by atoms with E-state index in [1.54, 1.807) is 18.2 Å². The Morgan fingerprint density at radius 2 is 2.00 bits per heavy atom. The van der Waals surface area contributed by atoms with Gasteiger partial charge in [0.2, 0.25) is 0 Å². The van der Waals surface area contributed by atoms with Crippen LogP contribution < -0.4 is 5.32 Å². The molecule has 1 fully saturated rings. The van der Waals surface area contributed by atoms with Crippen LogP contribution in [0.1, 0.15) is 5.56 Å². The van der Waals surface area contributed by atoms with E-state index >= 15 is 0 Å². The maximum Gasteiger partial charge on any atom is 0.153 e. The lowest BCUT2D eigenvalue weighted by Gasteiger charge is -2.26. The minimum absolute atomic E-state index is 0.0189. The van der Waals surface area contributed by atoms with Gasteiger partial charge in [-0.1, -0.05) is 18.2 Å². The molecule has 1 heterocycles. The molecule has 15 heavy (non-hydrogen) atoms. The summed E-state index contributed by atoms with van der Waals surface area (Å²) >= 11 is 0. The lowest BCUT2D eigenvalue weighted by Crippen LogP contribution is -2.50. The zero-order valence-corrected chi connectivity index (χ0v) is 8.93. The summed E-state index contributed by atoms with van der Waals surface area (Å²) in [5.41, 5.74) is 0.571. The average Bonchev–Trinajstić information content (AvgIpc) is 2.13. The molecule has 1 aromatic rings. The minimum Gasteiger partial charge on any atom is -0.308 e. The number of halogens is 1. The third-order valence-corrected chi connectivity index (χ3v) is 4.27. The third kappa shape index (κ3) is 2.54. The first-order chi connectivity index (χ1) is 7.07. The number of hydrogen-bond donors (Lipinski definition) is 1. The second-order valence-corrected chi connectivity index (χ2v) is 5.90. The topological polar surface area (TPSA) is 46.2 Å². The molecular weight excluding hydrogens is 217 g/mol. The molecule has 82 valence electrons. The van der Waals surface area contributed by atoms with Crippen LogP contribution in [0.15, 0.2) is 24.3 Å². The first-order valence-electron chi connectivity index (χ1n) is 4.74. The van der Waals surface area contributed by atoms with Gasteiger partial charge in [0, 0.05) is 18.2 Å². The Bertz CT molecular complexity index is 446.